The molecule has 2 N–H and O–H groups in total. The van der Waals surface area contributed by atoms with Gasteiger partial charge in [0.2, 0.25) is 5.91 Å². The normalized spacial score (nSPS) is 14.4. The Morgan fingerprint density at radius 2 is 0.941 bits per heavy atom. The number of amides is 1. The van der Waals surface area contributed by atoms with E-state index in [0.29, 0.717) is 17.4 Å². The van der Waals surface area contributed by atoms with Crippen LogP contribution in [0.25, 0.3) is 0 Å². The number of nitrogens with zero attached hydrogens (tertiary/aromatic N) is 1. The molecule has 0 aromatic rings. The van der Waals surface area contributed by atoms with Crippen LogP contribution in [-0.4, -0.2) is 74.3 Å². The molecule has 3 unspecified atom stereocenters. The number of carbonyl (C=O) groups excluding carboxylic acids is 2. The monoisotopic (exact) mass is 974 g/mol. The molecular weight excluding hydrogens is 868 g/mol. The molecular formula is C58H106N2O7P+. The molecule has 0 spiro atoms. The molecule has 10 heteroatoms. The Balaban J connectivity index is 5.40. The van der Waals surface area contributed by atoms with Crippen LogP contribution in [0.4, 0.5) is 0 Å². The van der Waals surface area contributed by atoms with Crippen LogP contribution < -0.4 is 5.32 Å². The second-order valence-corrected chi connectivity index (χ2v) is 21.1. The number of quaternary nitrogens is 1. The number of ether oxygens (including phenoxy) is 1. The summed E-state index contributed by atoms with van der Waals surface area (Å²) in [5.41, 5.74) is 0. The van der Waals surface area contributed by atoms with Crippen molar-refractivity contribution in [3.8, 4) is 0 Å². The fourth-order valence-corrected chi connectivity index (χ4v) is 8.37. The Morgan fingerprint density at radius 1 is 0.529 bits per heavy atom. The zero-order valence-corrected chi connectivity index (χ0v) is 45.7. The lowest BCUT2D eigenvalue weighted by Gasteiger charge is -2.27. The molecule has 0 radical (unpaired) electrons. The van der Waals surface area contributed by atoms with E-state index in [-0.39, 0.29) is 31.5 Å². The van der Waals surface area contributed by atoms with Crippen molar-refractivity contribution in [2.75, 3.05) is 40.9 Å². The summed E-state index contributed by atoms with van der Waals surface area (Å²) in [6.07, 6.45) is 60.3. The van der Waals surface area contributed by atoms with E-state index in [9.17, 15) is 19.0 Å². The summed E-state index contributed by atoms with van der Waals surface area (Å²) in [5.74, 6) is -0.533. The van der Waals surface area contributed by atoms with Crippen LogP contribution >= 0.6 is 7.82 Å². The number of nitrogens with one attached hydrogen (secondary N) is 1. The van der Waals surface area contributed by atoms with Gasteiger partial charge in [-0.1, -0.05) is 203 Å². The van der Waals surface area contributed by atoms with E-state index < -0.39 is 20.0 Å². The Bertz CT molecular complexity index is 1400. The minimum absolute atomic E-state index is 0.0335. The minimum Gasteiger partial charge on any atom is -0.456 e. The molecule has 1 amide bonds. The maximum atomic E-state index is 13.5. The minimum atomic E-state index is -4.45. The van der Waals surface area contributed by atoms with Crippen molar-refractivity contribution < 1.29 is 37.3 Å². The van der Waals surface area contributed by atoms with E-state index in [1.807, 2.05) is 33.3 Å². The lowest BCUT2D eigenvalue weighted by Crippen LogP contribution is -2.47. The van der Waals surface area contributed by atoms with Gasteiger partial charge in [0.1, 0.15) is 19.3 Å². The Morgan fingerprint density at radius 3 is 1.41 bits per heavy atom. The highest BCUT2D eigenvalue weighted by Crippen LogP contribution is 2.43. The quantitative estimate of drug-likeness (QED) is 0.0205. The SMILES string of the molecule is CC/C=C/C/C=C/C/C=C/CCCCCCCCC(=O)NC(COP(=O)(O)OCC[N+](C)(C)C)C(/C=C/CCCCCCCCCCCC)OC(=O)CCCCCCCCC/C=C/C/C=C/CC. The van der Waals surface area contributed by atoms with Crippen LogP contribution in [0.15, 0.2) is 72.9 Å². The van der Waals surface area contributed by atoms with Gasteiger partial charge in [0.05, 0.1) is 33.8 Å². The fourth-order valence-electron chi connectivity index (χ4n) is 7.64. The average molecular weight is 974 g/mol. The Kier molecular flexibility index (Phi) is 46.3. The highest BCUT2D eigenvalue weighted by atomic mass is 31.2. The van der Waals surface area contributed by atoms with Crippen LogP contribution in [0.3, 0.4) is 0 Å². The topological polar surface area (TPSA) is 111 Å². The van der Waals surface area contributed by atoms with E-state index in [0.717, 1.165) is 116 Å². The van der Waals surface area contributed by atoms with Gasteiger partial charge in [-0.05, 0) is 89.5 Å². The highest BCUT2D eigenvalue weighted by molar-refractivity contribution is 7.47. The smallest absolute Gasteiger partial charge is 0.456 e. The Labute approximate surface area is 419 Å². The molecule has 0 aliphatic heterocycles. The van der Waals surface area contributed by atoms with Crippen LogP contribution in [0.2, 0.25) is 0 Å². The molecule has 0 bridgehead atoms. The van der Waals surface area contributed by atoms with Crippen molar-refractivity contribution in [2.45, 2.75) is 245 Å². The van der Waals surface area contributed by atoms with Crippen LogP contribution in [0.1, 0.15) is 233 Å². The van der Waals surface area contributed by atoms with Gasteiger partial charge in [-0.25, -0.2) is 4.57 Å². The van der Waals surface area contributed by atoms with Crippen molar-refractivity contribution in [2.24, 2.45) is 0 Å². The third-order valence-corrected chi connectivity index (χ3v) is 12.9. The van der Waals surface area contributed by atoms with E-state index >= 15 is 0 Å². The molecule has 0 aromatic carbocycles. The number of hydrogen-bond donors (Lipinski definition) is 2. The molecule has 0 heterocycles. The van der Waals surface area contributed by atoms with E-state index in [1.165, 1.54) is 83.5 Å². The molecule has 0 saturated carbocycles. The molecule has 0 fully saturated rings. The van der Waals surface area contributed by atoms with Crippen molar-refractivity contribution in [1.29, 1.82) is 0 Å². The molecule has 394 valence electrons. The zero-order chi connectivity index (χ0) is 50.1. The van der Waals surface area contributed by atoms with Crippen molar-refractivity contribution in [3.63, 3.8) is 0 Å². The third-order valence-electron chi connectivity index (χ3n) is 11.9. The zero-order valence-electron chi connectivity index (χ0n) is 44.8. The van der Waals surface area contributed by atoms with Crippen LogP contribution in [-0.2, 0) is 27.9 Å². The van der Waals surface area contributed by atoms with Gasteiger partial charge >= 0.3 is 13.8 Å². The van der Waals surface area contributed by atoms with Crippen molar-refractivity contribution in [1.82, 2.24) is 5.32 Å². The highest BCUT2D eigenvalue weighted by Gasteiger charge is 2.30. The third kappa shape index (κ3) is 48.5. The number of hydrogen-bond acceptors (Lipinski definition) is 6. The summed E-state index contributed by atoms with van der Waals surface area (Å²) in [6, 6.07) is -0.859. The maximum Gasteiger partial charge on any atom is 0.472 e. The van der Waals surface area contributed by atoms with E-state index in [4.69, 9.17) is 13.8 Å². The summed E-state index contributed by atoms with van der Waals surface area (Å²) >= 11 is 0. The first-order valence-corrected chi connectivity index (χ1v) is 29.3. The van der Waals surface area contributed by atoms with Crippen LogP contribution in [0, 0.1) is 0 Å². The van der Waals surface area contributed by atoms with Gasteiger partial charge in [-0.3, -0.25) is 18.6 Å². The first-order valence-electron chi connectivity index (χ1n) is 27.8. The standard InChI is InChI=1S/C58H105N2O7P/c1-7-10-13-16-19-22-25-28-30-31-32-35-38-41-44-47-50-57(61)59-55(54-66-68(63,64)65-53-52-60(4,5)6)56(49-46-43-40-37-34-27-24-21-18-15-12-9-3)67-58(62)51-48-45-42-39-36-33-29-26-23-20-17-14-11-8-2/h10-11,13-14,19-20,22-23,28,30,46,49,55-56H,7-9,12,15-18,21,24-27,29,31-45,47-48,50-54H2,1-6H3,(H-,59,61,63,64)/p+1/b13-10+,14-11+,22-19+,23-20+,30-28+,49-46+. The predicted molar refractivity (Wildman–Crippen MR) is 291 cm³/mol. The summed E-state index contributed by atoms with van der Waals surface area (Å²) in [4.78, 5) is 37.5. The lowest BCUT2D eigenvalue weighted by atomic mass is 10.0. The van der Waals surface area contributed by atoms with Gasteiger partial charge in [0.25, 0.3) is 0 Å². The number of phosphoric ester groups is 1. The first-order chi connectivity index (χ1) is 32.9. The second kappa shape index (κ2) is 48.1. The predicted octanol–water partition coefficient (Wildman–Crippen LogP) is 16.5. The summed E-state index contributed by atoms with van der Waals surface area (Å²) in [7, 11) is 1.47. The van der Waals surface area contributed by atoms with Crippen LogP contribution in [0.5, 0.6) is 0 Å². The number of esters is 1. The van der Waals surface area contributed by atoms with Gasteiger partial charge in [0.15, 0.2) is 0 Å². The molecule has 0 aromatic heterocycles. The maximum absolute atomic E-state index is 13.5. The summed E-state index contributed by atoms with van der Waals surface area (Å²) in [5, 5.41) is 3.03. The second-order valence-electron chi connectivity index (χ2n) is 19.7. The number of carbonyl (C=O) groups is 2. The van der Waals surface area contributed by atoms with Gasteiger partial charge in [0, 0.05) is 12.8 Å². The largest absolute Gasteiger partial charge is 0.472 e. The number of rotatable bonds is 49. The number of allylic oxidation sites excluding steroid dienone is 11. The molecule has 0 saturated heterocycles. The van der Waals surface area contributed by atoms with E-state index in [1.54, 1.807) is 0 Å². The van der Waals surface area contributed by atoms with Gasteiger partial charge in [-0.15, -0.1) is 0 Å². The number of unbranched alkanes of at least 4 members (excludes halogenated alkanes) is 23. The molecule has 3 atom stereocenters. The fraction of sp³-hybridized carbons (Fsp3) is 0.759. The Hall–Kier alpha value is -2.55. The molecule has 68 heavy (non-hydrogen) atoms. The van der Waals surface area contributed by atoms with Gasteiger partial charge < -0.3 is 19.4 Å². The van der Waals surface area contributed by atoms with Gasteiger partial charge in [-0.2, -0.15) is 0 Å². The number of phosphoric acid groups is 1. The summed E-state index contributed by atoms with van der Waals surface area (Å²) in [6.45, 7) is 6.77. The molecule has 9 nitrogen and oxygen atoms in total. The number of likely N-dealkylation sites (N-methyl/N-ethyl adjacent to an activating group) is 1. The first kappa shape index (κ1) is 65.5. The summed E-state index contributed by atoms with van der Waals surface area (Å²) < 4.78 is 30.6. The molecule has 0 rings (SSSR count). The molecule has 0 aliphatic rings. The average Bonchev–Trinajstić information content (AvgIpc) is 3.29. The van der Waals surface area contributed by atoms with E-state index in [2.05, 4.69) is 86.8 Å². The lowest BCUT2D eigenvalue weighted by molar-refractivity contribution is -0.870. The van der Waals surface area contributed by atoms with Crippen molar-refractivity contribution in [3.05, 3.63) is 72.9 Å². The van der Waals surface area contributed by atoms with Crippen molar-refractivity contribution >= 4 is 19.7 Å². The molecule has 0 aliphatic carbocycles.